The van der Waals surface area contributed by atoms with Gasteiger partial charge in [-0.15, -0.1) is 0 Å². The molecule has 0 bridgehead atoms. The third kappa shape index (κ3) is 3.32. The van der Waals surface area contributed by atoms with Gasteiger partial charge in [0.25, 0.3) is 5.89 Å². The quantitative estimate of drug-likeness (QED) is 0.865. The van der Waals surface area contributed by atoms with Crippen LogP contribution in [0.1, 0.15) is 38.6 Å². The van der Waals surface area contributed by atoms with E-state index in [1.807, 2.05) is 31.2 Å². The minimum atomic E-state index is -0.183. The molecule has 1 aromatic carbocycles. The molecule has 102 valence electrons. The first-order valence-electron chi connectivity index (χ1n) is 6.57. The van der Waals surface area contributed by atoms with Crippen molar-refractivity contribution in [3.8, 4) is 17.2 Å². The van der Waals surface area contributed by atoms with Crippen molar-refractivity contribution >= 4 is 0 Å². The third-order valence-electron chi connectivity index (χ3n) is 2.77. The number of ether oxygens (including phenoxy) is 1. The van der Waals surface area contributed by atoms with E-state index in [9.17, 15) is 0 Å². The Morgan fingerprint density at radius 2 is 2.21 bits per heavy atom. The van der Waals surface area contributed by atoms with Gasteiger partial charge >= 0.3 is 0 Å². The van der Waals surface area contributed by atoms with Crippen LogP contribution in [0.2, 0.25) is 0 Å². The second kappa shape index (κ2) is 6.33. The van der Waals surface area contributed by atoms with Crippen LogP contribution in [0, 0.1) is 0 Å². The lowest BCUT2D eigenvalue weighted by molar-refractivity contribution is 0.317. The summed E-state index contributed by atoms with van der Waals surface area (Å²) in [7, 11) is 0. The van der Waals surface area contributed by atoms with Crippen molar-refractivity contribution in [1.29, 1.82) is 0 Å². The van der Waals surface area contributed by atoms with Gasteiger partial charge in [0.2, 0.25) is 0 Å². The van der Waals surface area contributed by atoms with Crippen LogP contribution in [0.4, 0.5) is 0 Å². The molecule has 0 fully saturated rings. The normalized spacial score (nSPS) is 12.4. The summed E-state index contributed by atoms with van der Waals surface area (Å²) in [5.74, 6) is 1.82. The lowest BCUT2D eigenvalue weighted by Gasteiger charge is -2.04. The Bertz CT molecular complexity index is 525. The Morgan fingerprint density at radius 3 is 2.95 bits per heavy atom. The third-order valence-corrected chi connectivity index (χ3v) is 2.77. The molecule has 1 aromatic heterocycles. The first-order chi connectivity index (χ1) is 9.24. The zero-order chi connectivity index (χ0) is 13.7. The monoisotopic (exact) mass is 261 g/mol. The predicted octanol–water partition coefficient (Wildman–Crippen LogP) is 2.94. The summed E-state index contributed by atoms with van der Waals surface area (Å²) >= 11 is 0. The van der Waals surface area contributed by atoms with Crippen molar-refractivity contribution in [3.05, 3.63) is 30.1 Å². The highest BCUT2D eigenvalue weighted by Gasteiger charge is 2.14. The summed E-state index contributed by atoms with van der Waals surface area (Å²) in [5.41, 5.74) is 6.71. The van der Waals surface area contributed by atoms with Gasteiger partial charge in [-0.3, -0.25) is 0 Å². The highest BCUT2D eigenvalue weighted by atomic mass is 16.5. The van der Waals surface area contributed by atoms with E-state index in [-0.39, 0.29) is 6.04 Å². The largest absolute Gasteiger partial charge is 0.494 e. The minimum absolute atomic E-state index is 0.183. The number of aromatic nitrogens is 2. The van der Waals surface area contributed by atoms with Gasteiger partial charge in [-0.25, -0.2) is 0 Å². The van der Waals surface area contributed by atoms with Crippen LogP contribution in [-0.4, -0.2) is 16.7 Å². The maximum absolute atomic E-state index is 5.87. The molecule has 0 radical (unpaired) electrons. The van der Waals surface area contributed by atoms with E-state index < -0.39 is 0 Å². The van der Waals surface area contributed by atoms with Gasteiger partial charge in [0.15, 0.2) is 5.82 Å². The van der Waals surface area contributed by atoms with E-state index in [0.29, 0.717) is 18.3 Å². The Hall–Kier alpha value is -1.88. The molecule has 2 aromatic rings. The molecule has 0 saturated heterocycles. The highest BCUT2D eigenvalue weighted by molar-refractivity contribution is 5.55. The van der Waals surface area contributed by atoms with Gasteiger partial charge in [0.1, 0.15) is 5.75 Å². The van der Waals surface area contributed by atoms with Crippen molar-refractivity contribution < 1.29 is 9.26 Å². The number of hydrogen-bond acceptors (Lipinski definition) is 5. The van der Waals surface area contributed by atoms with Crippen LogP contribution in [0.15, 0.2) is 28.8 Å². The van der Waals surface area contributed by atoms with Crippen LogP contribution in [0.25, 0.3) is 11.5 Å². The van der Waals surface area contributed by atoms with Crippen molar-refractivity contribution in [2.45, 2.75) is 32.7 Å². The number of hydrogen-bond donors (Lipinski definition) is 1. The number of benzene rings is 1. The summed E-state index contributed by atoms with van der Waals surface area (Å²) in [6, 6.07) is 7.44. The molecular formula is C14H19N3O2. The SMILES string of the molecule is CCCOc1cccc(-c2nc(C(N)CC)no2)c1. The molecule has 19 heavy (non-hydrogen) atoms. The molecule has 0 aliphatic carbocycles. The summed E-state index contributed by atoms with van der Waals surface area (Å²) in [6.45, 7) is 4.75. The molecule has 1 atom stereocenters. The minimum Gasteiger partial charge on any atom is -0.494 e. The molecular weight excluding hydrogens is 242 g/mol. The molecule has 1 unspecified atom stereocenters. The average Bonchev–Trinajstić information content (AvgIpc) is 2.94. The number of nitrogens with two attached hydrogens (primary N) is 1. The van der Waals surface area contributed by atoms with E-state index in [2.05, 4.69) is 17.1 Å². The molecule has 0 spiro atoms. The average molecular weight is 261 g/mol. The fraction of sp³-hybridized carbons (Fsp3) is 0.429. The Balaban J connectivity index is 2.19. The summed E-state index contributed by atoms with van der Waals surface area (Å²) in [6.07, 6.45) is 1.75. The van der Waals surface area contributed by atoms with Crippen molar-refractivity contribution in [3.63, 3.8) is 0 Å². The van der Waals surface area contributed by atoms with Gasteiger partial charge in [-0.1, -0.05) is 25.1 Å². The van der Waals surface area contributed by atoms with Gasteiger partial charge in [-0.05, 0) is 31.0 Å². The second-order valence-electron chi connectivity index (χ2n) is 4.35. The fourth-order valence-corrected chi connectivity index (χ4v) is 1.62. The van der Waals surface area contributed by atoms with Crippen LogP contribution in [0.3, 0.4) is 0 Å². The fourth-order valence-electron chi connectivity index (χ4n) is 1.62. The zero-order valence-electron chi connectivity index (χ0n) is 11.3. The molecule has 2 rings (SSSR count). The Morgan fingerprint density at radius 1 is 1.37 bits per heavy atom. The van der Waals surface area contributed by atoms with E-state index in [4.69, 9.17) is 15.0 Å². The van der Waals surface area contributed by atoms with Gasteiger partial charge < -0.3 is 15.0 Å². The van der Waals surface area contributed by atoms with Crippen molar-refractivity contribution in [1.82, 2.24) is 10.1 Å². The molecule has 0 saturated carbocycles. The van der Waals surface area contributed by atoms with Gasteiger partial charge in [-0.2, -0.15) is 4.98 Å². The van der Waals surface area contributed by atoms with Crippen LogP contribution >= 0.6 is 0 Å². The summed E-state index contributed by atoms with van der Waals surface area (Å²) < 4.78 is 10.8. The first kappa shape index (κ1) is 13.5. The molecule has 1 heterocycles. The van der Waals surface area contributed by atoms with E-state index in [1.54, 1.807) is 0 Å². The first-order valence-corrected chi connectivity index (χ1v) is 6.57. The maximum atomic E-state index is 5.87. The van der Waals surface area contributed by atoms with E-state index in [1.165, 1.54) is 0 Å². The van der Waals surface area contributed by atoms with Crippen molar-refractivity contribution in [2.24, 2.45) is 5.73 Å². The highest BCUT2D eigenvalue weighted by Crippen LogP contribution is 2.23. The molecule has 0 aliphatic heterocycles. The van der Waals surface area contributed by atoms with Crippen LogP contribution in [-0.2, 0) is 0 Å². The predicted molar refractivity (Wildman–Crippen MR) is 72.7 cm³/mol. The number of nitrogens with zero attached hydrogens (tertiary/aromatic N) is 2. The molecule has 5 nitrogen and oxygen atoms in total. The van der Waals surface area contributed by atoms with Crippen LogP contribution < -0.4 is 10.5 Å². The lowest BCUT2D eigenvalue weighted by atomic mass is 10.2. The van der Waals surface area contributed by atoms with E-state index in [0.717, 1.165) is 24.2 Å². The van der Waals surface area contributed by atoms with Crippen LogP contribution in [0.5, 0.6) is 5.75 Å². The van der Waals surface area contributed by atoms with Crippen molar-refractivity contribution in [2.75, 3.05) is 6.61 Å². The van der Waals surface area contributed by atoms with E-state index >= 15 is 0 Å². The Labute approximate surface area is 112 Å². The van der Waals surface area contributed by atoms with Gasteiger partial charge in [0, 0.05) is 5.56 Å². The lowest BCUT2D eigenvalue weighted by Crippen LogP contribution is -2.10. The maximum Gasteiger partial charge on any atom is 0.258 e. The topological polar surface area (TPSA) is 74.2 Å². The molecule has 0 aliphatic rings. The standard InChI is InChI=1S/C14H19N3O2/c1-3-8-18-11-7-5-6-10(9-11)14-16-13(17-19-14)12(15)4-2/h5-7,9,12H,3-4,8,15H2,1-2H3. The number of rotatable bonds is 6. The molecule has 2 N–H and O–H groups in total. The summed E-state index contributed by atoms with van der Waals surface area (Å²) in [4.78, 5) is 4.31. The van der Waals surface area contributed by atoms with Gasteiger partial charge in [0.05, 0.1) is 12.6 Å². The smallest absolute Gasteiger partial charge is 0.258 e. The molecule has 0 amide bonds. The second-order valence-corrected chi connectivity index (χ2v) is 4.35. The Kier molecular flexibility index (Phi) is 4.52. The summed E-state index contributed by atoms with van der Waals surface area (Å²) in [5, 5.41) is 3.90. The molecule has 5 heteroatoms. The zero-order valence-corrected chi connectivity index (χ0v) is 11.3.